The van der Waals surface area contributed by atoms with Gasteiger partial charge in [0.15, 0.2) is 0 Å². The first-order chi connectivity index (χ1) is 8.20. The van der Waals surface area contributed by atoms with Crippen molar-refractivity contribution in [1.82, 2.24) is 4.98 Å². The van der Waals surface area contributed by atoms with E-state index >= 15 is 0 Å². The highest BCUT2D eigenvalue weighted by Crippen LogP contribution is 2.14. The van der Waals surface area contributed by atoms with Gasteiger partial charge in [-0.1, -0.05) is 0 Å². The summed E-state index contributed by atoms with van der Waals surface area (Å²) < 4.78 is 14.5. The molecule has 6 nitrogen and oxygen atoms in total. The van der Waals surface area contributed by atoms with Gasteiger partial charge in [-0.05, 0) is 6.07 Å². The van der Waals surface area contributed by atoms with Crippen LogP contribution in [0.4, 0.5) is 0 Å². The third kappa shape index (κ3) is 2.52. The van der Waals surface area contributed by atoms with Gasteiger partial charge in [0, 0.05) is 18.7 Å². The van der Waals surface area contributed by atoms with E-state index in [4.69, 9.17) is 9.47 Å². The Labute approximate surface area is 97.5 Å². The highest BCUT2D eigenvalue weighted by molar-refractivity contribution is 5.91. The van der Waals surface area contributed by atoms with Gasteiger partial charge in [0.05, 0.1) is 19.3 Å². The van der Waals surface area contributed by atoms with Crippen molar-refractivity contribution in [3.8, 4) is 5.88 Å². The topological polar surface area (TPSA) is 74.7 Å². The molecule has 1 saturated heterocycles. The summed E-state index contributed by atoms with van der Waals surface area (Å²) in [5, 5.41) is 0. The lowest BCUT2D eigenvalue weighted by Crippen LogP contribution is -2.22. The molecular formula is C11H11NO5. The van der Waals surface area contributed by atoms with Gasteiger partial charge < -0.3 is 14.2 Å². The maximum absolute atomic E-state index is 11.6. The Morgan fingerprint density at radius 3 is 2.88 bits per heavy atom. The summed E-state index contributed by atoms with van der Waals surface area (Å²) in [6, 6.07) is 3.07. The van der Waals surface area contributed by atoms with Gasteiger partial charge in [-0.2, -0.15) is 0 Å². The average Bonchev–Trinajstić information content (AvgIpc) is 2.75. The molecule has 1 aromatic rings. The Morgan fingerprint density at radius 1 is 1.53 bits per heavy atom. The summed E-state index contributed by atoms with van der Waals surface area (Å²) >= 11 is 0. The van der Waals surface area contributed by atoms with E-state index in [0.29, 0.717) is 12.3 Å². The molecule has 1 fully saturated rings. The average molecular weight is 237 g/mol. The van der Waals surface area contributed by atoms with Crippen LogP contribution >= 0.6 is 0 Å². The Kier molecular flexibility index (Phi) is 3.22. The van der Waals surface area contributed by atoms with Crippen LogP contribution in [0.3, 0.4) is 0 Å². The SMILES string of the molecule is COc1ccc(C(=O)OC2CCOC2=O)cn1. The third-order valence-electron chi connectivity index (χ3n) is 2.32. The van der Waals surface area contributed by atoms with Crippen LogP contribution in [0, 0.1) is 0 Å². The largest absolute Gasteiger partial charge is 0.481 e. The number of hydrogen-bond acceptors (Lipinski definition) is 6. The molecule has 1 aliphatic heterocycles. The summed E-state index contributed by atoms with van der Waals surface area (Å²) in [4.78, 5) is 26.6. The molecule has 6 heteroatoms. The van der Waals surface area contributed by atoms with Crippen LogP contribution in [0.1, 0.15) is 16.8 Å². The number of hydrogen-bond donors (Lipinski definition) is 0. The minimum Gasteiger partial charge on any atom is -0.481 e. The van der Waals surface area contributed by atoms with E-state index in [2.05, 4.69) is 9.72 Å². The maximum atomic E-state index is 11.6. The summed E-state index contributed by atoms with van der Waals surface area (Å²) in [6.07, 6.45) is 0.930. The zero-order valence-electron chi connectivity index (χ0n) is 9.21. The quantitative estimate of drug-likeness (QED) is 0.715. The maximum Gasteiger partial charge on any atom is 0.347 e. The molecule has 90 valence electrons. The molecule has 0 aromatic carbocycles. The number of ether oxygens (including phenoxy) is 3. The first kappa shape index (κ1) is 11.4. The molecule has 2 rings (SSSR count). The second kappa shape index (κ2) is 4.82. The van der Waals surface area contributed by atoms with Crippen LogP contribution in [-0.2, 0) is 14.3 Å². The zero-order chi connectivity index (χ0) is 12.3. The zero-order valence-corrected chi connectivity index (χ0v) is 9.21. The molecule has 1 aromatic heterocycles. The standard InChI is InChI=1S/C11H11NO5/c1-15-9-3-2-7(6-12-9)10(13)17-8-4-5-16-11(8)14/h2-3,6,8H,4-5H2,1H3. The van der Waals surface area contributed by atoms with E-state index < -0.39 is 18.0 Å². The number of cyclic esters (lactones) is 1. The minimum absolute atomic E-state index is 0.269. The molecule has 2 heterocycles. The third-order valence-corrected chi connectivity index (χ3v) is 2.32. The molecule has 0 N–H and O–H groups in total. The molecule has 1 atom stereocenters. The second-order valence-corrected chi connectivity index (χ2v) is 3.44. The first-order valence-corrected chi connectivity index (χ1v) is 5.08. The Balaban J connectivity index is 2.01. The fraction of sp³-hybridized carbons (Fsp3) is 0.364. The Morgan fingerprint density at radius 2 is 2.35 bits per heavy atom. The summed E-state index contributed by atoms with van der Waals surface area (Å²) in [7, 11) is 1.48. The highest BCUT2D eigenvalue weighted by atomic mass is 16.6. The molecule has 0 saturated carbocycles. The molecule has 0 aliphatic carbocycles. The first-order valence-electron chi connectivity index (χ1n) is 5.08. The summed E-state index contributed by atoms with van der Waals surface area (Å²) in [5.74, 6) is -0.689. The van der Waals surface area contributed by atoms with Crippen molar-refractivity contribution in [3.05, 3.63) is 23.9 Å². The van der Waals surface area contributed by atoms with Crippen molar-refractivity contribution in [1.29, 1.82) is 0 Å². The Hall–Kier alpha value is -2.11. The normalized spacial score (nSPS) is 18.6. The lowest BCUT2D eigenvalue weighted by molar-refractivity contribution is -0.145. The predicted octanol–water partition coefficient (Wildman–Crippen LogP) is 0.562. The number of esters is 2. The van der Waals surface area contributed by atoms with Crippen molar-refractivity contribution < 1.29 is 23.8 Å². The second-order valence-electron chi connectivity index (χ2n) is 3.44. The number of methoxy groups -OCH3 is 1. The van der Waals surface area contributed by atoms with Gasteiger partial charge in [0.25, 0.3) is 0 Å². The molecular weight excluding hydrogens is 226 g/mol. The van der Waals surface area contributed by atoms with Crippen LogP contribution in [0.2, 0.25) is 0 Å². The van der Waals surface area contributed by atoms with Gasteiger partial charge in [-0.15, -0.1) is 0 Å². The van der Waals surface area contributed by atoms with E-state index in [0.717, 1.165) is 0 Å². The number of carbonyl (C=O) groups is 2. The van der Waals surface area contributed by atoms with Crippen molar-refractivity contribution in [2.75, 3.05) is 13.7 Å². The smallest absolute Gasteiger partial charge is 0.347 e. The lowest BCUT2D eigenvalue weighted by Gasteiger charge is -2.08. The number of carbonyl (C=O) groups excluding carboxylic acids is 2. The molecule has 17 heavy (non-hydrogen) atoms. The van der Waals surface area contributed by atoms with Crippen LogP contribution in [0.5, 0.6) is 5.88 Å². The molecule has 0 bridgehead atoms. The van der Waals surface area contributed by atoms with Gasteiger partial charge in [0.2, 0.25) is 12.0 Å². The van der Waals surface area contributed by atoms with E-state index in [1.54, 1.807) is 6.07 Å². The fourth-order valence-corrected chi connectivity index (χ4v) is 1.40. The van der Waals surface area contributed by atoms with Gasteiger partial charge in [-0.3, -0.25) is 0 Å². The summed E-state index contributed by atoms with van der Waals surface area (Å²) in [5.41, 5.74) is 0.269. The number of nitrogens with zero attached hydrogens (tertiary/aromatic N) is 1. The molecule has 0 amide bonds. The van der Waals surface area contributed by atoms with Crippen molar-refractivity contribution >= 4 is 11.9 Å². The van der Waals surface area contributed by atoms with E-state index in [9.17, 15) is 9.59 Å². The molecule has 1 aliphatic rings. The van der Waals surface area contributed by atoms with E-state index in [-0.39, 0.29) is 12.2 Å². The minimum atomic E-state index is -0.801. The highest BCUT2D eigenvalue weighted by Gasteiger charge is 2.30. The van der Waals surface area contributed by atoms with Crippen LogP contribution in [0.15, 0.2) is 18.3 Å². The van der Waals surface area contributed by atoms with Gasteiger partial charge >= 0.3 is 11.9 Å². The van der Waals surface area contributed by atoms with Crippen LogP contribution in [0.25, 0.3) is 0 Å². The van der Waals surface area contributed by atoms with Gasteiger partial charge in [0.1, 0.15) is 0 Å². The Bertz CT molecular complexity index is 428. The monoisotopic (exact) mass is 237 g/mol. The molecule has 0 spiro atoms. The number of aromatic nitrogens is 1. The van der Waals surface area contributed by atoms with Crippen molar-refractivity contribution in [2.24, 2.45) is 0 Å². The van der Waals surface area contributed by atoms with Crippen molar-refractivity contribution in [2.45, 2.75) is 12.5 Å². The fourth-order valence-electron chi connectivity index (χ4n) is 1.40. The predicted molar refractivity (Wildman–Crippen MR) is 55.6 cm³/mol. The summed E-state index contributed by atoms with van der Waals surface area (Å²) in [6.45, 7) is 0.289. The molecule has 0 radical (unpaired) electrons. The van der Waals surface area contributed by atoms with Crippen molar-refractivity contribution in [3.63, 3.8) is 0 Å². The molecule has 1 unspecified atom stereocenters. The van der Waals surface area contributed by atoms with Gasteiger partial charge in [-0.25, -0.2) is 14.6 Å². The number of rotatable bonds is 3. The number of pyridine rings is 1. The lowest BCUT2D eigenvalue weighted by atomic mass is 10.2. The van der Waals surface area contributed by atoms with E-state index in [1.807, 2.05) is 0 Å². The van der Waals surface area contributed by atoms with Crippen LogP contribution < -0.4 is 4.74 Å². The van der Waals surface area contributed by atoms with E-state index in [1.165, 1.54) is 19.4 Å². The van der Waals surface area contributed by atoms with Crippen LogP contribution in [-0.4, -0.2) is 36.7 Å².